The van der Waals surface area contributed by atoms with Gasteiger partial charge in [-0.1, -0.05) is 0 Å². The van der Waals surface area contributed by atoms with Crippen LogP contribution in [0.25, 0.3) is 0 Å². The lowest BCUT2D eigenvalue weighted by molar-refractivity contribution is -0.142. The van der Waals surface area contributed by atoms with E-state index in [1.165, 1.54) is 7.05 Å². The van der Waals surface area contributed by atoms with Crippen molar-refractivity contribution < 1.29 is 14.4 Å². The summed E-state index contributed by atoms with van der Waals surface area (Å²) in [6, 6.07) is 1.22. The Labute approximate surface area is 80.7 Å². The van der Waals surface area contributed by atoms with E-state index in [4.69, 9.17) is 5.26 Å². The molecule has 0 aromatic rings. The lowest BCUT2D eigenvalue weighted by atomic mass is 10.2. The fourth-order valence-corrected chi connectivity index (χ4v) is 1.09. The highest BCUT2D eigenvalue weighted by Crippen LogP contribution is 2.11. The van der Waals surface area contributed by atoms with E-state index in [1.54, 1.807) is 6.92 Å². The van der Waals surface area contributed by atoms with Gasteiger partial charge in [0.05, 0.1) is 12.0 Å². The summed E-state index contributed by atoms with van der Waals surface area (Å²) in [7, 11) is 1.24. The number of amides is 4. The molecule has 1 fully saturated rings. The number of rotatable bonds is 2. The summed E-state index contributed by atoms with van der Waals surface area (Å²) >= 11 is 0. The molecular formula is C8H9N3O3. The van der Waals surface area contributed by atoms with Crippen molar-refractivity contribution in [1.82, 2.24) is 9.80 Å². The average Bonchev–Trinajstić information content (AvgIpc) is 2.35. The molecule has 1 atom stereocenters. The lowest BCUT2D eigenvalue weighted by Gasteiger charge is -2.13. The molecule has 0 aromatic heterocycles. The Bertz CT molecular complexity index is 344. The zero-order valence-corrected chi connectivity index (χ0v) is 7.85. The highest BCUT2D eigenvalue weighted by molar-refractivity contribution is 6.44. The van der Waals surface area contributed by atoms with Crippen LogP contribution in [0.2, 0.25) is 0 Å². The summed E-state index contributed by atoms with van der Waals surface area (Å²) < 4.78 is 0. The Morgan fingerprint density at radius 1 is 1.36 bits per heavy atom. The van der Waals surface area contributed by atoms with E-state index in [0.717, 1.165) is 9.80 Å². The molecule has 1 unspecified atom stereocenters. The van der Waals surface area contributed by atoms with Gasteiger partial charge >= 0.3 is 17.8 Å². The van der Waals surface area contributed by atoms with Crippen molar-refractivity contribution in [3.8, 4) is 6.07 Å². The molecule has 0 radical (unpaired) electrons. The van der Waals surface area contributed by atoms with Gasteiger partial charge < -0.3 is 0 Å². The normalized spacial score (nSPS) is 18.8. The Morgan fingerprint density at radius 3 is 2.29 bits per heavy atom. The van der Waals surface area contributed by atoms with Gasteiger partial charge in [-0.2, -0.15) is 5.26 Å². The fraction of sp³-hybridized carbons (Fsp3) is 0.500. The predicted molar refractivity (Wildman–Crippen MR) is 44.7 cm³/mol. The molecule has 0 spiro atoms. The maximum atomic E-state index is 11.3. The molecule has 1 aliphatic rings. The summed E-state index contributed by atoms with van der Waals surface area (Å²) in [5.41, 5.74) is 0. The number of hydrogen-bond donors (Lipinski definition) is 0. The second-order valence-corrected chi connectivity index (χ2v) is 3.09. The van der Waals surface area contributed by atoms with Crippen molar-refractivity contribution in [3.05, 3.63) is 0 Å². The van der Waals surface area contributed by atoms with E-state index in [9.17, 15) is 14.4 Å². The van der Waals surface area contributed by atoms with E-state index in [-0.39, 0.29) is 6.54 Å². The van der Waals surface area contributed by atoms with Gasteiger partial charge in [0.25, 0.3) is 0 Å². The highest BCUT2D eigenvalue weighted by atomic mass is 16.2. The topological polar surface area (TPSA) is 81.5 Å². The maximum absolute atomic E-state index is 11.3. The number of nitrogens with zero attached hydrogens (tertiary/aromatic N) is 3. The first-order valence-corrected chi connectivity index (χ1v) is 4.02. The molecular weight excluding hydrogens is 186 g/mol. The summed E-state index contributed by atoms with van der Waals surface area (Å²) in [5, 5.41) is 8.50. The Hall–Kier alpha value is -1.90. The second kappa shape index (κ2) is 3.46. The lowest BCUT2D eigenvalue weighted by Crippen LogP contribution is -2.34. The molecule has 0 aromatic carbocycles. The molecule has 0 saturated carbocycles. The molecule has 1 aliphatic heterocycles. The van der Waals surface area contributed by atoms with Crippen molar-refractivity contribution in [2.24, 2.45) is 5.92 Å². The van der Waals surface area contributed by atoms with Crippen molar-refractivity contribution in [1.29, 1.82) is 5.26 Å². The van der Waals surface area contributed by atoms with Crippen LogP contribution in [0.3, 0.4) is 0 Å². The third-order valence-corrected chi connectivity index (χ3v) is 1.93. The zero-order valence-electron chi connectivity index (χ0n) is 7.85. The van der Waals surface area contributed by atoms with E-state index >= 15 is 0 Å². The number of nitriles is 1. The zero-order chi connectivity index (χ0) is 10.9. The predicted octanol–water partition coefficient (Wildman–Crippen LogP) is -0.433. The number of carbonyl (C=O) groups excluding carboxylic acids is 3. The molecule has 0 bridgehead atoms. The molecule has 14 heavy (non-hydrogen) atoms. The number of carbonyl (C=O) groups is 3. The molecule has 6 nitrogen and oxygen atoms in total. The second-order valence-electron chi connectivity index (χ2n) is 3.09. The average molecular weight is 195 g/mol. The first-order valence-electron chi connectivity index (χ1n) is 4.02. The summed E-state index contributed by atoms with van der Waals surface area (Å²) in [5.74, 6) is -2.18. The minimum absolute atomic E-state index is 0.0375. The van der Waals surface area contributed by atoms with Gasteiger partial charge in [0, 0.05) is 13.6 Å². The van der Waals surface area contributed by atoms with Gasteiger partial charge in [0.2, 0.25) is 0 Å². The summed E-state index contributed by atoms with van der Waals surface area (Å²) in [6.07, 6.45) is 0. The van der Waals surface area contributed by atoms with E-state index < -0.39 is 23.8 Å². The smallest absolute Gasteiger partial charge is 0.263 e. The van der Waals surface area contributed by atoms with Crippen LogP contribution in [0.15, 0.2) is 0 Å². The molecule has 1 saturated heterocycles. The molecule has 1 rings (SSSR count). The number of hydrogen-bond acceptors (Lipinski definition) is 4. The third-order valence-electron chi connectivity index (χ3n) is 1.93. The van der Waals surface area contributed by atoms with Crippen LogP contribution in [-0.2, 0) is 9.59 Å². The van der Waals surface area contributed by atoms with E-state index in [0.29, 0.717) is 0 Å². The molecule has 6 heteroatoms. The van der Waals surface area contributed by atoms with Crippen molar-refractivity contribution in [2.45, 2.75) is 6.92 Å². The SMILES string of the molecule is CC(C#N)CN1C(=O)C(=O)N(C)C1=O. The third kappa shape index (κ3) is 1.44. The number of urea groups is 1. The van der Waals surface area contributed by atoms with Crippen molar-refractivity contribution in [2.75, 3.05) is 13.6 Å². The fourth-order valence-electron chi connectivity index (χ4n) is 1.09. The minimum Gasteiger partial charge on any atom is -0.263 e. The monoisotopic (exact) mass is 195 g/mol. The molecule has 4 amide bonds. The first-order chi connectivity index (χ1) is 6.49. The van der Waals surface area contributed by atoms with Crippen LogP contribution in [0.4, 0.5) is 4.79 Å². The van der Waals surface area contributed by atoms with Crippen LogP contribution in [0, 0.1) is 17.2 Å². The van der Waals surface area contributed by atoms with Gasteiger partial charge in [-0.25, -0.2) is 4.79 Å². The number of imide groups is 2. The quantitative estimate of drug-likeness (QED) is 0.442. The van der Waals surface area contributed by atoms with Crippen LogP contribution in [0.1, 0.15) is 6.92 Å². The Morgan fingerprint density at radius 2 is 1.93 bits per heavy atom. The van der Waals surface area contributed by atoms with Crippen LogP contribution < -0.4 is 0 Å². The van der Waals surface area contributed by atoms with Gasteiger partial charge in [0.15, 0.2) is 0 Å². The maximum Gasteiger partial charge on any atom is 0.333 e. The van der Waals surface area contributed by atoms with Gasteiger partial charge in [-0.3, -0.25) is 19.4 Å². The molecule has 0 aliphatic carbocycles. The highest BCUT2D eigenvalue weighted by Gasteiger charge is 2.42. The van der Waals surface area contributed by atoms with Crippen molar-refractivity contribution in [3.63, 3.8) is 0 Å². The van der Waals surface area contributed by atoms with Crippen LogP contribution in [0.5, 0.6) is 0 Å². The van der Waals surface area contributed by atoms with Crippen LogP contribution in [-0.4, -0.2) is 41.2 Å². The molecule has 1 heterocycles. The minimum atomic E-state index is -0.861. The van der Waals surface area contributed by atoms with Gasteiger partial charge in [0.1, 0.15) is 0 Å². The largest absolute Gasteiger partial charge is 0.333 e. The Balaban J connectivity index is 2.82. The van der Waals surface area contributed by atoms with Crippen LogP contribution >= 0.6 is 0 Å². The standard InChI is InChI=1S/C8H9N3O3/c1-5(3-9)4-11-7(13)6(12)10(2)8(11)14/h5H,4H2,1-2H3. The molecule has 74 valence electrons. The van der Waals surface area contributed by atoms with E-state index in [2.05, 4.69) is 0 Å². The first kappa shape index (κ1) is 10.2. The van der Waals surface area contributed by atoms with E-state index in [1.807, 2.05) is 6.07 Å². The molecule has 0 N–H and O–H groups in total. The van der Waals surface area contributed by atoms with Gasteiger partial charge in [-0.15, -0.1) is 0 Å². The van der Waals surface area contributed by atoms with Gasteiger partial charge in [-0.05, 0) is 6.92 Å². The Kier molecular flexibility index (Phi) is 2.51. The van der Waals surface area contributed by atoms with Crippen molar-refractivity contribution >= 4 is 17.8 Å². The summed E-state index contributed by atoms with van der Waals surface area (Å²) in [4.78, 5) is 35.0. The summed E-state index contributed by atoms with van der Waals surface area (Å²) in [6.45, 7) is 1.54. The number of likely N-dealkylation sites (N-methyl/N-ethyl adjacent to an activating group) is 1.